The Balaban J connectivity index is 0. The van der Waals surface area contributed by atoms with Crippen molar-refractivity contribution in [1.29, 1.82) is 0 Å². The second kappa shape index (κ2) is 19.2. The number of unbranched alkanes of at least 4 members (excludes halogenated alkanes) is 14. The lowest BCUT2D eigenvalue weighted by molar-refractivity contribution is -0.152. The van der Waals surface area contributed by atoms with Crippen LogP contribution in [0.2, 0.25) is 0 Å². The summed E-state index contributed by atoms with van der Waals surface area (Å²) in [6.07, 6.45) is 14.4. The lowest BCUT2D eigenvalue weighted by Crippen LogP contribution is -2.55. The minimum atomic E-state index is -5.11. The molecule has 6 N–H and O–H groups in total. The Labute approximate surface area is 201 Å². The number of carboxylic acid groups (broad SMARTS) is 2. The van der Waals surface area contributed by atoms with Crippen LogP contribution >= 0.6 is 0 Å². The Kier molecular flexibility index (Phi) is 19.7. The minimum Gasteiger partial charge on any atom is -0.481 e. The maximum atomic E-state index is 12.2. The number of hydrogen-bond donors (Lipinski definition) is 4. The molecule has 2 unspecified atom stereocenters. The molecule has 0 saturated carbocycles. The van der Waals surface area contributed by atoms with Gasteiger partial charge in [-0.3, -0.25) is 14.1 Å². The zero-order valence-electron chi connectivity index (χ0n) is 20.9. The predicted octanol–water partition coefficient (Wildman–Crippen LogP) is 6.62. The van der Waals surface area contributed by atoms with Gasteiger partial charge in [-0.1, -0.05) is 117 Å². The van der Waals surface area contributed by atoms with E-state index in [4.69, 9.17) is 0 Å². The van der Waals surface area contributed by atoms with Crippen LogP contribution in [0, 0.1) is 5.92 Å². The maximum absolute atomic E-state index is 12.2. The van der Waals surface area contributed by atoms with Gasteiger partial charge in [-0.2, -0.15) is 8.42 Å². The summed E-state index contributed by atoms with van der Waals surface area (Å²) in [6, 6.07) is 0. The molecule has 0 amide bonds. The monoisotopic (exact) mass is 495 g/mol. The van der Waals surface area contributed by atoms with Crippen LogP contribution in [0.15, 0.2) is 0 Å². The van der Waals surface area contributed by atoms with Crippen LogP contribution in [0.4, 0.5) is 0 Å². The molecule has 0 saturated heterocycles. The smallest absolute Gasteiger partial charge is 0.328 e. The summed E-state index contributed by atoms with van der Waals surface area (Å²) in [4.78, 5) is 24.0. The fourth-order valence-corrected chi connectivity index (χ4v) is 5.61. The largest absolute Gasteiger partial charge is 0.481 e. The Morgan fingerprint density at radius 1 is 0.697 bits per heavy atom. The topological polar surface area (TPSA) is 164 Å². The second-order valence-electron chi connectivity index (χ2n) is 9.05. The van der Waals surface area contributed by atoms with Crippen LogP contribution in [0.25, 0.3) is 0 Å². The van der Waals surface area contributed by atoms with Crippen molar-refractivity contribution in [3.05, 3.63) is 0 Å². The van der Waals surface area contributed by atoms with E-state index in [1.165, 1.54) is 12.8 Å². The zero-order chi connectivity index (χ0) is 24.5. The van der Waals surface area contributed by atoms with Gasteiger partial charge in [-0.05, 0) is 12.8 Å². The highest BCUT2D eigenvalue weighted by atomic mass is 32.2. The summed E-state index contributed by atoms with van der Waals surface area (Å²) >= 11 is 0. The fourth-order valence-electron chi connectivity index (χ4n) is 4.41. The van der Waals surface area contributed by atoms with Crippen molar-refractivity contribution >= 4 is 22.1 Å². The van der Waals surface area contributed by atoms with E-state index >= 15 is 0 Å². The Morgan fingerprint density at radius 3 is 1.39 bits per heavy atom. The predicted molar refractivity (Wildman–Crippen MR) is 133 cm³/mol. The average molecular weight is 496 g/mol. The van der Waals surface area contributed by atoms with Crippen LogP contribution < -0.4 is 6.15 Å². The maximum Gasteiger partial charge on any atom is 0.328 e. The highest BCUT2D eigenvalue weighted by molar-refractivity contribution is 7.88. The van der Waals surface area contributed by atoms with E-state index in [1.807, 2.05) is 0 Å². The van der Waals surface area contributed by atoms with Gasteiger partial charge in [0, 0.05) is 0 Å². The van der Waals surface area contributed by atoms with Crippen molar-refractivity contribution in [2.45, 2.75) is 134 Å². The summed E-state index contributed by atoms with van der Waals surface area (Å²) in [7, 11) is -5.11. The molecule has 0 aliphatic rings. The van der Waals surface area contributed by atoms with Gasteiger partial charge in [0.1, 0.15) is 0 Å². The molecule has 2 atom stereocenters. The Bertz CT molecular complexity index is 624. The number of rotatable bonds is 22. The zero-order valence-corrected chi connectivity index (χ0v) is 21.7. The van der Waals surface area contributed by atoms with Crippen molar-refractivity contribution in [3.8, 4) is 0 Å². The third kappa shape index (κ3) is 12.7. The molecule has 0 spiro atoms. The first-order valence-corrected chi connectivity index (χ1v) is 14.0. The van der Waals surface area contributed by atoms with Gasteiger partial charge in [0.05, 0.1) is 5.92 Å². The molecule has 0 fully saturated rings. The van der Waals surface area contributed by atoms with E-state index < -0.39 is 32.7 Å². The molecule has 0 heterocycles. The standard InChI is InChI=1S/C24H46O7S.H3N/c1-3-5-7-9-11-13-15-17-19-21(22(25)26)24(23(27)28,32(29,30)31)20-18-16-14-12-10-8-6-4-2;/h21H,3-20H2,1-2H3,(H,25,26)(H,27,28)(H,29,30,31);1H3. The third-order valence-electron chi connectivity index (χ3n) is 6.43. The van der Waals surface area contributed by atoms with Gasteiger partial charge in [-0.15, -0.1) is 0 Å². The lowest BCUT2D eigenvalue weighted by Gasteiger charge is -2.32. The summed E-state index contributed by atoms with van der Waals surface area (Å²) in [5.41, 5.74) is 0. The van der Waals surface area contributed by atoms with Gasteiger partial charge in [0.25, 0.3) is 10.1 Å². The highest BCUT2D eigenvalue weighted by Crippen LogP contribution is 2.37. The second-order valence-corrected chi connectivity index (χ2v) is 10.7. The van der Waals surface area contributed by atoms with E-state index in [-0.39, 0.29) is 25.4 Å². The molecule has 0 aromatic carbocycles. The normalized spacial score (nSPS) is 14.3. The fraction of sp³-hybridized carbons (Fsp3) is 0.917. The van der Waals surface area contributed by atoms with Gasteiger partial charge in [-0.25, -0.2) is 0 Å². The van der Waals surface area contributed by atoms with Crippen molar-refractivity contribution in [1.82, 2.24) is 6.15 Å². The number of carbonyl (C=O) groups is 2. The molecule has 198 valence electrons. The van der Waals surface area contributed by atoms with Crippen molar-refractivity contribution < 1.29 is 32.8 Å². The minimum absolute atomic E-state index is 0. The number of hydrogen-bond acceptors (Lipinski definition) is 5. The van der Waals surface area contributed by atoms with Crippen LogP contribution in [0.1, 0.15) is 129 Å². The van der Waals surface area contributed by atoms with Crippen molar-refractivity contribution in [3.63, 3.8) is 0 Å². The van der Waals surface area contributed by atoms with Gasteiger partial charge in [0.15, 0.2) is 0 Å². The first-order valence-electron chi connectivity index (χ1n) is 12.6. The molecule has 8 nitrogen and oxygen atoms in total. The molecule has 0 aromatic rings. The summed E-state index contributed by atoms with van der Waals surface area (Å²) in [6.45, 7) is 4.27. The molecule has 0 aliphatic heterocycles. The first-order chi connectivity index (χ1) is 15.1. The van der Waals surface area contributed by atoms with Crippen molar-refractivity contribution in [2.75, 3.05) is 0 Å². The van der Waals surface area contributed by atoms with E-state index in [0.717, 1.165) is 70.6 Å². The average Bonchev–Trinajstić information content (AvgIpc) is 2.71. The molecule has 0 radical (unpaired) electrons. The molecular weight excluding hydrogens is 446 g/mol. The van der Waals surface area contributed by atoms with Gasteiger partial charge < -0.3 is 16.4 Å². The van der Waals surface area contributed by atoms with Gasteiger partial charge in [0.2, 0.25) is 4.75 Å². The molecular formula is C24H49NO7S. The lowest BCUT2D eigenvalue weighted by atomic mass is 9.82. The van der Waals surface area contributed by atoms with Gasteiger partial charge >= 0.3 is 11.9 Å². The van der Waals surface area contributed by atoms with E-state index in [2.05, 4.69) is 13.8 Å². The van der Waals surface area contributed by atoms with E-state index in [0.29, 0.717) is 12.8 Å². The van der Waals surface area contributed by atoms with Crippen LogP contribution in [-0.4, -0.2) is 39.9 Å². The highest BCUT2D eigenvalue weighted by Gasteiger charge is 2.58. The molecule has 0 aliphatic carbocycles. The van der Waals surface area contributed by atoms with Crippen LogP contribution in [0.5, 0.6) is 0 Å². The van der Waals surface area contributed by atoms with E-state index in [1.54, 1.807) is 0 Å². The summed E-state index contributed by atoms with van der Waals surface area (Å²) < 4.78 is 31.6. The molecule has 9 heteroatoms. The Morgan fingerprint density at radius 2 is 1.06 bits per heavy atom. The Hall–Kier alpha value is -1.19. The van der Waals surface area contributed by atoms with E-state index in [9.17, 15) is 32.8 Å². The molecule has 0 rings (SSSR count). The summed E-state index contributed by atoms with van der Waals surface area (Å²) in [5, 5.41) is 19.5. The quantitative estimate of drug-likeness (QED) is 0.0960. The SMILES string of the molecule is CCCCCCCCCCC(C(=O)O)C(CCCCCCCCCC)(C(=O)O)S(=O)(=O)O.N. The molecule has 33 heavy (non-hydrogen) atoms. The molecule has 0 bridgehead atoms. The summed E-state index contributed by atoms with van der Waals surface area (Å²) in [5.74, 6) is -4.91. The van der Waals surface area contributed by atoms with Crippen LogP contribution in [-0.2, 0) is 19.7 Å². The molecule has 0 aromatic heterocycles. The first kappa shape index (κ1) is 34.0. The number of aliphatic carboxylic acids is 2. The van der Waals surface area contributed by atoms with Crippen molar-refractivity contribution in [2.24, 2.45) is 5.92 Å². The van der Waals surface area contributed by atoms with Crippen LogP contribution in [0.3, 0.4) is 0 Å². The third-order valence-corrected chi connectivity index (χ3v) is 8.02. The number of carboxylic acids is 2.